The smallest absolute Gasteiger partial charge is 0.116 e. The molecule has 0 heterocycles. The molecule has 28 valence electrons. The Kier molecular flexibility index (Phi) is 2.79. The highest BCUT2D eigenvalue weighted by molar-refractivity contribution is 5.55. The van der Waals surface area contributed by atoms with E-state index in [0.717, 1.165) is 6.21 Å². The minimum absolute atomic E-state index is 0. The number of nitroso groups, excluding NO2 is 1. The molecule has 5 heavy (non-hydrogen) atoms. The molecule has 3 heteroatoms. The summed E-state index contributed by atoms with van der Waals surface area (Å²) in [5.74, 6) is 0. The number of nitrogens with one attached hydrogen (secondary N) is 1. The second kappa shape index (κ2) is 3.27. The largest absolute Gasteiger partial charge is 0.311 e. The molecule has 0 radical (unpaired) electrons. The quantitative estimate of drug-likeness (QED) is 0.372. The van der Waals surface area contributed by atoms with Crippen LogP contribution >= 0.6 is 0 Å². The fraction of sp³-hybridized carbons (Fsp3) is 0.500. The lowest BCUT2D eigenvalue weighted by atomic mass is 10.8. The molecule has 0 saturated carbocycles. The summed E-state index contributed by atoms with van der Waals surface area (Å²) in [6, 6.07) is 0. The van der Waals surface area contributed by atoms with Crippen molar-refractivity contribution in [2.24, 2.45) is 5.18 Å². The predicted molar refractivity (Wildman–Crippen MR) is 19.4 cm³/mol. The van der Waals surface area contributed by atoms with Gasteiger partial charge in [0, 0.05) is 6.21 Å². The van der Waals surface area contributed by atoms with Gasteiger partial charge in [-0.15, -0.1) is 0 Å². The molecular formula is C2H4N2O. The Morgan fingerprint density at radius 3 is 2.60 bits per heavy atom. The molecule has 0 aliphatic rings. The van der Waals surface area contributed by atoms with Gasteiger partial charge in [0.25, 0.3) is 0 Å². The van der Waals surface area contributed by atoms with Gasteiger partial charge in [0.05, 0.1) is 0 Å². The Labute approximate surface area is 29.5 Å². The van der Waals surface area contributed by atoms with Crippen molar-refractivity contribution in [1.29, 1.82) is 5.41 Å². The normalized spacial score (nSPS) is 6.40. The van der Waals surface area contributed by atoms with Crippen LogP contribution in [0.5, 0.6) is 0 Å². The first-order chi connectivity index (χ1) is 2.41. The first-order valence-corrected chi connectivity index (χ1v) is 1.20. The van der Waals surface area contributed by atoms with Crippen molar-refractivity contribution in [2.45, 2.75) is 0 Å². The summed E-state index contributed by atoms with van der Waals surface area (Å²) in [7, 11) is 0. The second-order valence-corrected chi connectivity index (χ2v) is 0.516. The van der Waals surface area contributed by atoms with Crippen LogP contribution in [-0.2, 0) is 0 Å². The summed E-state index contributed by atoms with van der Waals surface area (Å²) in [6.07, 6.45) is 0.951. The highest BCUT2D eigenvalue weighted by atomic mass is 16.3. The molecule has 0 aromatic heterocycles. The van der Waals surface area contributed by atoms with Gasteiger partial charge in [-0.25, -0.2) is 0 Å². The van der Waals surface area contributed by atoms with Gasteiger partial charge in [-0.1, -0.05) is 5.18 Å². The third kappa shape index (κ3) is 3.27. The molecule has 0 unspecified atom stereocenters. The van der Waals surface area contributed by atoms with Crippen LogP contribution in [0.25, 0.3) is 0 Å². The third-order valence-electron chi connectivity index (χ3n) is 0.166. The molecule has 0 saturated heterocycles. The van der Waals surface area contributed by atoms with Gasteiger partial charge in [0.2, 0.25) is 0 Å². The van der Waals surface area contributed by atoms with Crippen molar-refractivity contribution in [1.82, 2.24) is 0 Å². The molecule has 3 nitrogen and oxygen atoms in total. The number of nitrogens with zero attached hydrogens (tertiary/aromatic N) is 1. The third-order valence-corrected chi connectivity index (χ3v) is 0.166. The molecule has 0 bridgehead atoms. The monoisotopic (exact) mass is 72.0 g/mol. The molecule has 0 rings (SSSR count). The van der Waals surface area contributed by atoms with E-state index in [9.17, 15) is 0 Å². The molecule has 0 aliphatic carbocycles. The lowest BCUT2D eigenvalue weighted by molar-refractivity contribution is 1.28. The van der Waals surface area contributed by atoms with Crippen molar-refractivity contribution >= 4 is 6.21 Å². The standard InChI is InChI=1S/C2H4N2O/c3-1-2-4-5/h1,3H,2H2. The van der Waals surface area contributed by atoms with E-state index in [1.54, 1.807) is 0 Å². The van der Waals surface area contributed by atoms with Gasteiger partial charge in [-0.05, 0) is 0 Å². The van der Waals surface area contributed by atoms with E-state index in [1.165, 1.54) is 0 Å². The SMILES string of the molecule is N=CCN=O. The van der Waals surface area contributed by atoms with E-state index < -0.39 is 0 Å². The van der Waals surface area contributed by atoms with Crippen LogP contribution in [0.1, 0.15) is 0 Å². The zero-order valence-corrected chi connectivity index (χ0v) is 2.64. The summed E-state index contributed by atoms with van der Waals surface area (Å²) in [5, 5.41) is 8.54. The molecule has 0 aromatic rings. The molecule has 0 aliphatic heterocycles. The van der Waals surface area contributed by atoms with Gasteiger partial charge >= 0.3 is 0 Å². The number of hydrogen-bond donors (Lipinski definition) is 1. The summed E-state index contributed by atoms with van der Waals surface area (Å²) < 4.78 is 0. The van der Waals surface area contributed by atoms with Crippen LogP contribution in [0.2, 0.25) is 0 Å². The summed E-state index contributed by atoms with van der Waals surface area (Å²) >= 11 is 0. The lowest BCUT2D eigenvalue weighted by Gasteiger charge is -1.58. The van der Waals surface area contributed by atoms with E-state index in [1.807, 2.05) is 0 Å². The Balaban J connectivity index is 2.65. The van der Waals surface area contributed by atoms with E-state index in [0.29, 0.717) is 0 Å². The molecule has 0 atom stereocenters. The minimum atomic E-state index is 0. The van der Waals surface area contributed by atoms with Gasteiger partial charge in [0.1, 0.15) is 6.54 Å². The van der Waals surface area contributed by atoms with Crippen LogP contribution in [0.15, 0.2) is 5.18 Å². The summed E-state index contributed by atoms with van der Waals surface area (Å²) in [6.45, 7) is 0. The molecule has 1 N–H and O–H groups in total. The van der Waals surface area contributed by atoms with E-state index >= 15 is 0 Å². The Bertz CT molecular complexity index is 36.9. The molecular weight excluding hydrogens is 68.0 g/mol. The highest BCUT2D eigenvalue weighted by Gasteiger charge is 1.60. The van der Waals surface area contributed by atoms with Crippen LogP contribution in [0.4, 0.5) is 0 Å². The Morgan fingerprint density at radius 1 is 2.00 bits per heavy atom. The summed E-state index contributed by atoms with van der Waals surface area (Å²) in [4.78, 5) is 9.00. The van der Waals surface area contributed by atoms with Crippen LogP contribution in [0, 0.1) is 10.3 Å². The molecule has 0 spiro atoms. The molecule has 0 aromatic carbocycles. The van der Waals surface area contributed by atoms with Crippen molar-refractivity contribution in [3.05, 3.63) is 4.91 Å². The summed E-state index contributed by atoms with van der Waals surface area (Å²) in [5.41, 5.74) is 0. The van der Waals surface area contributed by atoms with Crippen LogP contribution in [-0.4, -0.2) is 12.8 Å². The zero-order valence-electron chi connectivity index (χ0n) is 2.64. The molecule has 0 fully saturated rings. The zero-order chi connectivity index (χ0) is 4.12. The van der Waals surface area contributed by atoms with Crippen molar-refractivity contribution in [3.63, 3.8) is 0 Å². The maximum absolute atomic E-state index is 9.00. The van der Waals surface area contributed by atoms with E-state index in [2.05, 4.69) is 5.18 Å². The van der Waals surface area contributed by atoms with Gasteiger partial charge in [-0.2, -0.15) is 4.91 Å². The predicted octanol–water partition coefficient (Wildman–Crippen LogP) is 0.402. The fourth-order valence-corrected chi connectivity index (χ4v) is 0.0373. The van der Waals surface area contributed by atoms with Gasteiger partial charge in [0.15, 0.2) is 0 Å². The maximum atomic E-state index is 9.00. The van der Waals surface area contributed by atoms with E-state index in [-0.39, 0.29) is 6.54 Å². The highest BCUT2D eigenvalue weighted by Crippen LogP contribution is 1.51. The maximum Gasteiger partial charge on any atom is 0.116 e. The van der Waals surface area contributed by atoms with Crippen molar-refractivity contribution in [2.75, 3.05) is 6.54 Å². The van der Waals surface area contributed by atoms with Crippen molar-refractivity contribution in [3.8, 4) is 0 Å². The second-order valence-electron chi connectivity index (χ2n) is 0.516. The fourth-order valence-electron chi connectivity index (χ4n) is 0.0373. The molecule has 0 amide bonds. The minimum Gasteiger partial charge on any atom is -0.311 e. The average molecular weight is 72.1 g/mol. The Morgan fingerprint density at radius 2 is 2.60 bits per heavy atom. The first-order valence-electron chi connectivity index (χ1n) is 1.20. The van der Waals surface area contributed by atoms with E-state index in [4.69, 9.17) is 10.3 Å². The number of hydrogen-bond acceptors (Lipinski definition) is 3. The lowest BCUT2D eigenvalue weighted by Crippen LogP contribution is -1.70. The van der Waals surface area contributed by atoms with Gasteiger partial charge < -0.3 is 5.41 Å². The Hall–Kier alpha value is -0.730. The van der Waals surface area contributed by atoms with Gasteiger partial charge in [-0.3, -0.25) is 0 Å². The first kappa shape index (κ1) is 4.27. The van der Waals surface area contributed by atoms with Crippen molar-refractivity contribution < 1.29 is 0 Å². The number of rotatable bonds is 2. The van der Waals surface area contributed by atoms with Crippen LogP contribution in [0.3, 0.4) is 0 Å². The topological polar surface area (TPSA) is 53.3 Å². The van der Waals surface area contributed by atoms with Crippen LogP contribution < -0.4 is 0 Å². The average Bonchev–Trinajstić information content (AvgIpc) is 1.41.